The normalized spacial score (nSPS) is 24.2. The third-order valence-electron chi connectivity index (χ3n) is 4.14. The van der Waals surface area contributed by atoms with E-state index in [0.29, 0.717) is 25.2 Å². The van der Waals surface area contributed by atoms with E-state index in [-0.39, 0.29) is 17.8 Å². The van der Waals surface area contributed by atoms with Gasteiger partial charge in [0, 0.05) is 25.7 Å². The van der Waals surface area contributed by atoms with Crippen LogP contribution in [-0.4, -0.2) is 38.1 Å². The van der Waals surface area contributed by atoms with Gasteiger partial charge < -0.3 is 5.32 Å². The van der Waals surface area contributed by atoms with Crippen molar-refractivity contribution in [2.45, 2.75) is 32.9 Å². The summed E-state index contributed by atoms with van der Waals surface area (Å²) in [6.07, 6.45) is 2.03. The van der Waals surface area contributed by atoms with Crippen LogP contribution in [-0.2, 0) is 16.6 Å². The van der Waals surface area contributed by atoms with Crippen molar-refractivity contribution in [1.29, 1.82) is 0 Å². The van der Waals surface area contributed by atoms with Crippen LogP contribution in [0, 0.1) is 18.7 Å². The van der Waals surface area contributed by atoms with E-state index in [2.05, 4.69) is 5.32 Å². The molecule has 1 heterocycles. The van der Waals surface area contributed by atoms with Gasteiger partial charge in [-0.15, -0.1) is 0 Å². The molecule has 0 spiro atoms. The monoisotopic (exact) mass is 314 g/mol. The van der Waals surface area contributed by atoms with Crippen LogP contribution in [0.3, 0.4) is 0 Å². The molecule has 1 saturated heterocycles. The molecule has 2 rings (SSSR count). The molecule has 6 heteroatoms. The summed E-state index contributed by atoms with van der Waals surface area (Å²) in [6.45, 7) is 5.48. The Kier molecular flexibility index (Phi) is 5.01. The smallest absolute Gasteiger partial charge is 0.211 e. The first kappa shape index (κ1) is 16.4. The Morgan fingerprint density at radius 2 is 2.14 bits per heavy atom. The summed E-state index contributed by atoms with van der Waals surface area (Å²) in [6, 6.07) is 5.51. The summed E-state index contributed by atoms with van der Waals surface area (Å²) in [5, 5.41) is 3.42. The van der Waals surface area contributed by atoms with Crippen LogP contribution in [0.4, 0.5) is 4.39 Å². The highest BCUT2D eigenvalue weighted by molar-refractivity contribution is 7.88. The number of hydrogen-bond donors (Lipinski definition) is 1. The number of benzene rings is 1. The second kappa shape index (κ2) is 6.42. The molecule has 4 nitrogen and oxygen atoms in total. The zero-order chi connectivity index (χ0) is 15.6. The van der Waals surface area contributed by atoms with E-state index in [1.54, 1.807) is 19.1 Å². The van der Waals surface area contributed by atoms with Crippen molar-refractivity contribution in [2.75, 3.05) is 19.3 Å². The molecule has 1 aromatic rings. The highest BCUT2D eigenvalue weighted by atomic mass is 32.2. The summed E-state index contributed by atoms with van der Waals surface area (Å²) in [4.78, 5) is 0. The van der Waals surface area contributed by atoms with Gasteiger partial charge in [0.05, 0.1) is 6.26 Å². The van der Waals surface area contributed by atoms with Gasteiger partial charge in [-0.05, 0) is 36.5 Å². The van der Waals surface area contributed by atoms with Crippen molar-refractivity contribution in [3.05, 3.63) is 35.1 Å². The van der Waals surface area contributed by atoms with E-state index in [0.717, 1.165) is 12.0 Å². The predicted molar refractivity (Wildman–Crippen MR) is 82.0 cm³/mol. The average molecular weight is 314 g/mol. The maximum absolute atomic E-state index is 13.5. The fourth-order valence-electron chi connectivity index (χ4n) is 2.71. The van der Waals surface area contributed by atoms with Crippen molar-refractivity contribution in [3.8, 4) is 0 Å². The molecule has 0 saturated carbocycles. The molecule has 1 N–H and O–H groups in total. The van der Waals surface area contributed by atoms with E-state index in [4.69, 9.17) is 0 Å². The standard InChI is InChI=1S/C15H23FN2O2S/c1-11-4-5-13(8-14(11)16)9-17-15-6-7-18(10-12(15)2)21(3,19)20/h4-5,8,12,15,17H,6-7,9-10H2,1-3H3/t12-,15-/m1/s1. The minimum atomic E-state index is -3.10. The number of rotatable bonds is 4. The van der Waals surface area contributed by atoms with E-state index in [9.17, 15) is 12.8 Å². The average Bonchev–Trinajstić information content (AvgIpc) is 2.40. The fourth-order valence-corrected chi connectivity index (χ4v) is 3.65. The summed E-state index contributed by atoms with van der Waals surface area (Å²) in [7, 11) is -3.10. The van der Waals surface area contributed by atoms with E-state index >= 15 is 0 Å². The predicted octanol–water partition coefficient (Wildman–Crippen LogP) is 1.89. The summed E-state index contributed by atoms with van der Waals surface area (Å²) >= 11 is 0. The quantitative estimate of drug-likeness (QED) is 0.923. The zero-order valence-electron chi connectivity index (χ0n) is 12.8. The van der Waals surface area contributed by atoms with Gasteiger partial charge in [0.25, 0.3) is 0 Å². The van der Waals surface area contributed by atoms with E-state index < -0.39 is 10.0 Å². The van der Waals surface area contributed by atoms with Crippen LogP contribution >= 0.6 is 0 Å². The Bertz CT molecular complexity index is 604. The van der Waals surface area contributed by atoms with Gasteiger partial charge in [0.2, 0.25) is 10.0 Å². The molecule has 0 unspecified atom stereocenters. The molecule has 0 amide bonds. The Labute approximate surface area is 126 Å². The lowest BCUT2D eigenvalue weighted by Gasteiger charge is -2.36. The molecule has 2 atom stereocenters. The van der Waals surface area contributed by atoms with Crippen LogP contribution < -0.4 is 5.32 Å². The van der Waals surface area contributed by atoms with Gasteiger partial charge in [0.15, 0.2) is 0 Å². The summed E-state index contributed by atoms with van der Waals surface area (Å²) < 4.78 is 38.1. The maximum atomic E-state index is 13.5. The number of aryl methyl sites for hydroxylation is 1. The molecule has 0 aromatic heterocycles. The van der Waals surface area contributed by atoms with E-state index in [1.807, 2.05) is 13.0 Å². The first-order valence-electron chi connectivity index (χ1n) is 7.21. The Morgan fingerprint density at radius 3 is 2.71 bits per heavy atom. The molecule has 1 fully saturated rings. The Morgan fingerprint density at radius 1 is 1.43 bits per heavy atom. The summed E-state index contributed by atoms with van der Waals surface area (Å²) in [5.74, 6) is 0.0537. The first-order chi connectivity index (χ1) is 9.77. The number of nitrogens with one attached hydrogen (secondary N) is 1. The maximum Gasteiger partial charge on any atom is 0.211 e. The third-order valence-corrected chi connectivity index (χ3v) is 5.41. The van der Waals surface area contributed by atoms with Crippen LogP contribution in [0.2, 0.25) is 0 Å². The van der Waals surface area contributed by atoms with Gasteiger partial charge in [0.1, 0.15) is 5.82 Å². The molecule has 0 bridgehead atoms. The second-order valence-electron chi connectivity index (χ2n) is 5.96. The minimum absolute atomic E-state index is 0.186. The number of piperidine rings is 1. The molecule has 21 heavy (non-hydrogen) atoms. The molecule has 1 aliphatic rings. The summed E-state index contributed by atoms with van der Waals surface area (Å²) in [5.41, 5.74) is 1.56. The molecule has 0 aliphatic carbocycles. The van der Waals surface area contributed by atoms with Crippen molar-refractivity contribution in [2.24, 2.45) is 5.92 Å². The van der Waals surface area contributed by atoms with Gasteiger partial charge in [-0.2, -0.15) is 0 Å². The molecule has 0 radical (unpaired) electrons. The first-order valence-corrected chi connectivity index (χ1v) is 9.05. The van der Waals surface area contributed by atoms with Gasteiger partial charge in [-0.1, -0.05) is 19.1 Å². The van der Waals surface area contributed by atoms with Gasteiger partial charge in [-0.3, -0.25) is 0 Å². The SMILES string of the molecule is Cc1ccc(CN[C@@H]2CCN(S(C)(=O)=O)C[C@H]2C)cc1F. The number of sulfonamides is 1. The van der Waals surface area contributed by atoms with Crippen LogP contribution in [0.15, 0.2) is 18.2 Å². The molecule has 1 aromatic carbocycles. The molecule has 1 aliphatic heterocycles. The zero-order valence-corrected chi connectivity index (χ0v) is 13.6. The van der Waals surface area contributed by atoms with Gasteiger partial charge in [-0.25, -0.2) is 17.1 Å². The van der Waals surface area contributed by atoms with Crippen molar-refractivity contribution < 1.29 is 12.8 Å². The minimum Gasteiger partial charge on any atom is -0.310 e. The Hall–Kier alpha value is -0.980. The van der Waals surface area contributed by atoms with Crippen molar-refractivity contribution >= 4 is 10.0 Å². The second-order valence-corrected chi connectivity index (χ2v) is 7.94. The Balaban J connectivity index is 1.91. The number of halogens is 1. The molecular weight excluding hydrogens is 291 g/mol. The van der Waals surface area contributed by atoms with Crippen LogP contribution in [0.25, 0.3) is 0 Å². The van der Waals surface area contributed by atoms with E-state index in [1.165, 1.54) is 10.6 Å². The van der Waals surface area contributed by atoms with Crippen molar-refractivity contribution in [3.63, 3.8) is 0 Å². The lowest BCUT2D eigenvalue weighted by Crippen LogP contribution is -2.49. The lowest BCUT2D eigenvalue weighted by atomic mass is 9.95. The highest BCUT2D eigenvalue weighted by Gasteiger charge is 2.29. The molecular formula is C15H23FN2O2S. The number of hydrogen-bond acceptors (Lipinski definition) is 3. The lowest BCUT2D eigenvalue weighted by molar-refractivity contribution is 0.220. The van der Waals surface area contributed by atoms with Crippen LogP contribution in [0.5, 0.6) is 0 Å². The van der Waals surface area contributed by atoms with Gasteiger partial charge >= 0.3 is 0 Å². The van der Waals surface area contributed by atoms with Crippen LogP contribution in [0.1, 0.15) is 24.5 Å². The highest BCUT2D eigenvalue weighted by Crippen LogP contribution is 2.19. The van der Waals surface area contributed by atoms with Crippen molar-refractivity contribution in [1.82, 2.24) is 9.62 Å². The molecule has 118 valence electrons. The number of nitrogens with zero attached hydrogens (tertiary/aromatic N) is 1. The fraction of sp³-hybridized carbons (Fsp3) is 0.600. The topological polar surface area (TPSA) is 49.4 Å². The third kappa shape index (κ3) is 4.25. The largest absolute Gasteiger partial charge is 0.310 e.